The van der Waals surface area contributed by atoms with E-state index >= 15 is 0 Å². The third-order valence-electron chi connectivity index (χ3n) is 2.54. The van der Waals surface area contributed by atoms with Gasteiger partial charge in [-0.3, -0.25) is 9.78 Å². The summed E-state index contributed by atoms with van der Waals surface area (Å²) in [7, 11) is 1.72. The van der Waals surface area contributed by atoms with Gasteiger partial charge in [-0.05, 0) is 23.8 Å². The van der Waals surface area contributed by atoms with Crippen LogP contribution in [0.1, 0.15) is 15.9 Å². The molecule has 5 nitrogen and oxygen atoms in total. The average Bonchev–Trinajstić information content (AvgIpc) is 2.45. The van der Waals surface area contributed by atoms with Crippen molar-refractivity contribution in [3.8, 4) is 0 Å². The maximum Gasteiger partial charge on any atom is 0.253 e. The normalized spacial score (nSPS) is 10.0. The molecule has 0 radical (unpaired) electrons. The molecule has 2 rings (SSSR count). The Balaban J connectivity index is 2.02. The summed E-state index contributed by atoms with van der Waals surface area (Å²) < 4.78 is 0. The molecule has 0 atom stereocenters. The molecule has 0 aromatic carbocycles. The van der Waals surface area contributed by atoms with E-state index in [9.17, 15) is 4.79 Å². The largest absolute Gasteiger partial charge is 0.372 e. The van der Waals surface area contributed by atoms with Gasteiger partial charge in [0.1, 0.15) is 5.82 Å². The number of rotatable bonds is 4. The van der Waals surface area contributed by atoms with Gasteiger partial charge in [0.2, 0.25) is 0 Å². The number of halogens is 1. The SMILES string of the molecule is CNc1ncc(C(=O)NCc2ccncc2)cc1Cl. The lowest BCUT2D eigenvalue weighted by molar-refractivity contribution is 0.0950. The second kappa shape index (κ2) is 6.15. The third-order valence-corrected chi connectivity index (χ3v) is 2.83. The summed E-state index contributed by atoms with van der Waals surface area (Å²) in [6.45, 7) is 0.437. The van der Waals surface area contributed by atoms with E-state index in [1.54, 1.807) is 25.5 Å². The van der Waals surface area contributed by atoms with E-state index in [2.05, 4.69) is 20.6 Å². The number of aromatic nitrogens is 2. The number of carbonyl (C=O) groups is 1. The summed E-state index contributed by atoms with van der Waals surface area (Å²) in [5.74, 6) is 0.334. The minimum Gasteiger partial charge on any atom is -0.372 e. The van der Waals surface area contributed by atoms with Gasteiger partial charge in [-0.1, -0.05) is 11.6 Å². The predicted octanol–water partition coefficient (Wildman–Crippen LogP) is 2.10. The monoisotopic (exact) mass is 276 g/mol. The Morgan fingerprint density at radius 2 is 2.11 bits per heavy atom. The number of amides is 1. The molecule has 2 aromatic heterocycles. The van der Waals surface area contributed by atoms with Gasteiger partial charge in [-0.25, -0.2) is 4.98 Å². The van der Waals surface area contributed by atoms with Gasteiger partial charge >= 0.3 is 0 Å². The van der Waals surface area contributed by atoms with Gasteiger partial charge in [-0.15, -0.1) is 0 Å². The van der Waals surface area contributed by atoms with Crippen LogP contribution in [0.3, 0.4) is 0 Å². The first kappa shape index (κ1) is 13.3. The first-order valence-electron chi connectivity index (χ1n) is 5.71. The van der Waals surface area contributed by atoms with E-state index in [0.29, 0.717) is 22.9 Å². The van der Waals surface area contributed by atoms with E-state index in [1.807, 2.05) is 12.1 Å². The highest BCUT2D eigenvalue weighted by Gasteiger charge is 2.09. The summed E-state index contributed by atoms with van der Waals surface area (Å²) >= 11 is 5.98. The van der Waals surface area contributed by atoms with Crippen molar-refractivity contribution in [2.45, 2.75) is 6.54 Å². The molecule has 2 aromatic rings. The molecule has 0 aliphatic rings. The summed E-state index contributed by atoms with van der Waals surface area (Å²) in [4.78, 5) is 19.9. The van der Waals surface area contributed by atoms with Gasteiger partial charge < -0.3 is 10.6 Å². The number of carbonyl (C=O) groups excluding carboxylic acids is 1. The van der Waals surface area contributed by atoms with Crippen molar-refractivity contribution in [1.82, 2.24) is 15.3 Å². The number of nitrogens with one attached hydrogen (secondary N) is 2. The topological polar surface area (TPSA) is 66.9 Å². The Bertz CT molecular complexity index is 574. The smallest absolute Gasteiger partial charge is 0.253 e. The van der Waals surface area contributed by atoms with Gasteiger partial charge in [0, 0.05) is 32.2 Å². The van der Waals surface area contributed by atoms with Crippen LogP contribution in [0.25, 0.3) is 0 Å². The lowest BCUT2D eigenvalue weighted by Gasteiger charge is -2.07. The second-order valence-corrected chi connectivity index (χ2v) is 4.25. The highest BCUT2D eigenvalue weighted by Crippen LogP contribution is 2.19. The lowest BCUT2D eigenvalue weighted by Crippen LogP contribution is -2.23. The second-order valence-electron chi connectivity index (χ2n) is 3.84. The maximum atomic E-state index is 11.9. The van der Waals surface area contributed by atoms with E-state index in [0.717, 1.165) is 5.56 Å². The fraction of sp³-hybridized carbons (Fsp3) is 0.154. The number of hydrogen-bond donors (Lipinski definition) is 2. The Morgan fingerprint density at radius 1 is 1.37 bits per heavy atom. The van der Waals surface area contributed by atoms with Crippen LogP contribution in [0.15, 0.2) is 36.8 Å². The van der Waals surface area contributed by atoms with Crippen LogP contribution in [0.5, 0.6) is 0 Å². The van der Waals surface area contributed by atoms with E-state index < -0.39 is 0 Å². The molecular weight excluding hydrogens is 264 g/mol. The van der Waals surface area contributed by atoms with Crippen LogP contribution >= 0.6 is 11.6 Å². The zero-order valence-electron chi connectivity index (χ0n) is 10.4. The molecule has 2 heterocycles. The first-order chi connectivity index (χ1) is 9.20. The number of anilines is 1. The van der Waals surface area contributed by atoms with Crippen molar-refractivity contribution in [3.63, 3.8) is 0 Å². The van der Waals surface area contributed by atoms with E-state index in [4.69, 9.17) is 11.6 Å². The minimum atomic E-state index is -0.214. The Morgan fingerprint density at radius 3 is 2.74 bits per heavy atom. The van der Waals surface area contributed by atoms with Gasteiger partial charge in [-0.2, -0.15) is 0 Å². The van der Waals surface area contributed by atoms with Crippen molar-refractivity contribution < 1.29 is 4.79 Å². The quantitative estimate of drug-likeness (QED) is 0.897. The summed E-state index contributed by atoms with van der Waals surface area (Å²) in [5, 5.41) is 6.05. The highest BCUT2D eigenvalue weighted by molar-refractivity contribution is 6.33. The average molecular weight is 277 g/mol. The molecule has 0 aliphatic carbocycles. The predicted molar refractivity (Wildman–Crippen MR) is 74.2 cm³/mol. The highest BCUT2D eigenvalue weighted by atomic mass is 35.5. The number of nitrogens with zero attached hydrogens (tertiary/aromatic N) is 2. The van der Waals surface area contributed by atoms with Crippen LogP contribution in [-0.4, -0.2) is 22.9 Å². The van der Waals surface area contributed by atoms with Crippen molar-refractivity contribution in [1.29, 1.82) is 0 Å². The van der Waals surface area contributed by atoms with E-state index in [-0.39, 0.29) is 5.91 Å². The molecule has 98 valence electrons. The number of pyridine rings is 2. The molecule has 0 saturated heterocycles. The molecule has 19 heavy (non-hydrogen) atoms. The van der Waals surface area contributed by atoms with Crippen molar-refractivity contribution >= 4 is 23.3 Å². The summed E-state index contributed by atoms with van der Waals surface area (Å²) in [6.07, 6.45) is 4.85. The Hall–Kier alpha value is -2.14. The fourth-order valence-corrected chi connectivity index (χ4v) is 1.79. The molecule has 0 saturated carbocycles. The Labute approximate surface area is 116 Å². The first-order valence-corrected chi connectivity index (χ1v) is 6.09. The van der Waals surface area contributed by atoms with Gasteiger partial charge in [0.05, 0.1) is 10.6 Å². The zero-order valence-corrected chi connectivity index (χ0v) is 11.1. The molecule has 0 unspecified atom stereocenters. The maximum absolute atomic E-state index is 11.9. The molecule has 0 aliphatic heterocycles. The van der Waals surface area contributed by atoms with Gasteiger partial charge in [0.15, 0.2) is 0 Å². The molecule has 2 N–H and O–H groups in total. The van der Waals surface area contributed by atoms with Crippen LogP contribution in [-0.2, 0) is 6.54 Å². The lowest BCUT2D eigenvalue weighted by atomic mass is 10.2. The molecular formula is C13H13ClN4O. The fourth-order valence-electron chi connectivity index (χ4n) is 1.53. The van der Waals surface area contributed by atoms with E-state index in [1.165, 1.54) is 6.20 Å². The minimum absolute atomic E-state index is 0.214. The molecule has 1 amide bonds. The van der Waals surface area contributed by atoms with Crippen molar-refractivity contribution in [3.05, 3.63) is 52.9 Å². The molecule has 0 fully saturated rings. The Kier molecular flexibility index (Phi) is 4.30. The number of hydrogen-bond acceptors (Lipinski definition) is 4. The van der Waals surface area contributed by atoms with Crippen LogP contribution in [0.4, 0.5) is 5.82 Å². The van der Waals surface area contributed by atoms with Crippen LogP contribution < -0.4 is 10.6 Å². The van der Waals surface area contributed by atoms with Gasteiger partial charge in [0.25, 0.3) is 5.91 Å². The zero-order chi connectivity index (χ0) is 13.7. The van der Waals surface area contributed by atoms with Crippen LogP contribution in [0.2, 0.25) is 5.02 Å². The third kappa shape index (κ3) is 3.42. The summed E-state index contributed by atoms with van der Waals surface area (Å²) in [6, 6.07) is 5.27. The van der Waals surface area contributed by atoms with Crippen molar-refractivity contribution in [2.24, 2.45) is 0 Å². The molecule has 0 bridgehead atoms. The molecule has 0 spiro atoms. The summed E-state index contributed by atoms with van der Waals surface area (Å²) in [5.41, 5.74) is 1.41. The standard InChI is InChI=1S/C13H13ClN4O/c1-15-12-11(14)6-10(8-17-12)13(19)18-7-9-2-4-16-5-3-9/h2-6,8H,7H2,1H3,(H,15,17)(H,18,19). The molecule has 6 heteroatoms. The van der Waals surface area contributed by atoms with Crippen molar-refractivity contribution in [2.75, 3.05) is 12.4 Å². The van der Waals surface area contributed by atoms with Crippen LogP contribution in [0, 0.1) is 0 Å².